The van der Waals surface area contributed by atoms with Crippen LogP contribution >= 0.6 is 0 Å². The zero-order chi connectivity index (χ0) is 29.4. The van der Waals surface area contributed by atoms with Crippen LogP contribution in [-0.4, -0.2) is 50.1 Å². The van der Waals surface area contributed by atoms with Gasteiger partial charge >= 0.3 is 0 Å². The van der Waals surface area contributed by atoms with E-state index in [1.165, 1.54) is 38.5 Å². The summed E-state index contributed by atoms with van der Waals surface area (Å²) >= 11 is 0. The molecule has 5 aliphatic rings. The van der Waals surface area contributed by atoms with Crippen LogP contribution in [0.5, 0.6) is 5.75 Å². The lowest BCUT2D eigenvalue weighted by atomic mass is 9.49. The van der Waals surface area contributed by atoms with Crippen LogP contribution in [0.4, 0.5) is 10.1 Å². The molecule has 5 nitrogen and oxygen atoms in total. The molecule has 1 amide bonds. The van der Waals surface area contributed by atoms with Gasteiger partial charge in [-0.1, -0.05) is 24.3 Å². The number of amides is 1. The summed E-state index contributed by atoms with van der Waals surface area (Å²) in [6, 6.07) is 21.3. The zero-order valence-corrected chi connectivity index (χ0v) is 25.4. The summed E-state index contributed by atoms with van der Waals surface area (Å²) in [4.78, 5) is 17.8. The van der Waals surface area contributed by atoms with Crippen molar-refractivity contribution in [3.8, 4) is 16.9 Å². The van der Waals surface area contributed by atoms with Crippen LogP contribution in [0.1, 0.15) is 61.4 Å². The van der Waals surface area contributed by atoms with Gasteiger partial charge in [0.15, 0.2) is 0 Å². The fraction of sp³-hybridized carbons (Fsp3) is 0.486. The molecule has 1 N–H and O–H groups in total. The molecule has 1 aliphatic heterocycles. The number of nitrogens with one attached hydrogen (secondary N) is 1. The first-order chi connectivity index (χ1) is 20.9. The van der Waals surface area contributed by atoms with Gasteiger partial charge in [-0.05, 0) is 122 Å². The minimum Gasteiger partial charge on any atom is -0.494 e. The quantitative estimate of drug-likeness (QED) is 0.291. The molecule has 226 valence electrons. The summed E-state index contributed by atoms with van der Waals surface area (Å²) in [5, 5.41) is 3.32. The van der Waals surface area contributed by atoms with Gasteiger partial charge in [0.25, 0.3) is 5.91 Å². The first kappa shape index (κ1) is 28.4. The van der Waals surface area contributed by atoms with Crippen molar-refractivity contribution in [1.29, 1.82) is 0 Å². The molecule has 0 radical (unpaired) electrons. The van der Waals surface area contributed by atoms with Crippen LogP contribution in [0.25, 0.3) is 11.1 Å². The highest BCUT2D eigenvalue weighted by Crippen LogP contribution is 2.59. The lowest BCUT2D eigenvalue weighted by Gasteiger charge is -2.56. The van der Waals surface area contributed by atoms with Gasteiger partial charge in [-0.2, -0.15) is 0 Å². The maximum atomic E-state index is 15.1. The number of anilines is 1. The maximum absolute atomic E-state index is 15.1. The van der Waals surface area contributed by atoms with Crippen LogP contribution in [0, 0.1) is 29.0 Å². The summed E-state index contributed by atoms with van der Waals surface area (Å²) in [5.74, 6) is 3.32. The van der Waals surface area contributed by atoms with E-state index in [0.717, 1.165) is 85.1 Å². The van der Waals surface area contributed by atoms with Crippen LogP contribution in [0.2, 0.25) is 0 Å². The molecule has 3 aromatic rings. The number of piperazine rings is 1. The molecule has 6 heteroatoms. The second kappa shape index (κ2) is 12.0. The number of rotatable bonds is 9. The molecule has 1 heterocycles. The Balaban J connectivity index is 0.900. The summed E-state index contributed by atoms with van der Waals surface area (Å²) in [5.41, 5.74) is 4.67. The highest BCUT2D eigenvalue weighted by atomic mass is 19.1. The molecule has 0 unspecified atom stereocenters. The van der Waals surface area contributed by atoms with Gasteiger partial charge < -0.3 is 15.0 Å². The van der Waals surface area contributed by atoms with E-state index in [1.54, 1.807) is 6.07 Å². The first-order valence-corrected chi connectivity index (χ1v) is 16.3. The molecule has 0 atom stereocenters. The monoisotopic (exact) mass is 581 g/mol. The van der Waals surface area contributed by atoms with Crippen molar-refractivity contribution in [3.63, 3.8) is 0 Å². The van der Waals surface area contributed by atoms with E-state index in [9.17, 15) is 4.79 Å². The van der Waals surface area contributed by atoms with Gasteiger partial charge in [-0.25, -0.2) is 4.39 Å². The Morgan fingerprint density at radius 1 is 0.907 bits per heavy atom. The largest absolute Gasteiger partial charge is 0.494 e. The Labute approximate surface area is 255 Å². The normalized spacial score (nSPS) is 26.5. The first-order valence-electron chi connectivity index (χ1n) is 16.3. The summed E-state index contributed by atoms with van der Waals surface area (Å²) in [6.07, 6.45) is 8.23. The predicted octanol–water partition coefficient (Wildman–Crippen LogP) is 7.16. The van der Waals surface area contributed by atoms with E-state index in [-0.39, 0.29) is 11.7 Å². The van der Waals surface area contributed by atoms with E-state index in [0.29, 0.717) is 17.6 Å². The molecule has 3 aromatic carbocycles. The minimum atomic E-state index is -0.202. The number of hydrogen-bond donors (Lipinski definition) is 1. The van der Waals surface area contributed by atoms with E-state index in [2.05, 4.69) is 27.2 Å². The standard InChI is InChI=1S/C37H44FN3O2/c1-2-43-33-5-3-4-31(20-33)34-11-6-26(19-35(34)38)24-40-12-14-41(15-13-40)32-9-7-30(8-10-32)36(42)39-25-37-21-27-16-28(22-37)18-29(17-27)23-37/h3-11,19-20,27-29H,2,12-18,21-25H2,1H3,(H,39,42). The molecule has 8 rings (SSSR count). The summed E-state index contributed by atoms with van der Waals surface area (Å²) < 4.78 is 20.7. The van der Waals surface area contributed by atoms with Crippen molar-refractivity contribution in [2.75, 3.05) is 44.2 Å². The minimum absolute atomic E-state index is 0.0624. The third kappa shape index (κ3) is 6.17. The number of benzene rings is 3. The fourth-order valence-electron chi connectivity index (χ4n) is 8.93. The van der Waals surface area contributed by atoms with E-state index >= 15 is 4.39 Å². The average molecular weight is 582 g/mol. The molecule has 0 aromatic heterocycles. The number of nitrogens with zero attached hydrogens (tertiary/aromatic N) is 2. The topological polar surface area (TPSA) is 44.8 Å². The molecular weight excluding hydrogens is 537 g/mol. The Bertz CT molecular complexity index is 1410. The second-order valence-electron chi connectivity index (χ2n) is 13.7. The molecule has 4 bridgehead atoms. The molecule has 5 fully saturated rings. The van der Waals surface area contributed by atoms with Crippen molar-refractivity contribution >= 4 is 11.6 Å². The Hall–Kier alpha value is -3.38. The van der Waals surface area contributed by atoms with Gasteiger partial charge in [-0.15, -0.1) is 0 Å². The van der Waals surface area contributed by atoms with Gasteiger partial charge in [0.2, 0.25) is 0 Å². The average Bonchev–Trinajstić information content (AvgIpc) is 3.00. The maximum Gasteiger partial charge on any atom is 0.251 e. The summed E-state index contributed by atoms with van der Waals surface area (Å²) in [6.45, 7) is 7.73. The number of carbonyl (C=O) groups excluding carboxylic acids is 1. The number of hydrogen-bond acceptors (Lipinski definition) is 4. The van der Waals surface area contributed by atoms with Crippen molar-refractivity contribution < 1.29 is 13.9 Å². The van der Waals surface area contributed by atoms with Crippen LogP contribution in [0.15, 0.2) is 66.7 Å². The number of ether oxygens (including phenoxy) is 1. The van der Waals surface area contributed by atoms with Crippen LogP contribution in [0.3, 0.4) is 0 Å². The predicted molar refractivity (Wildman–Crippen MR) is 170 cm³/mol. The third-order valence-electron chi connectivity index (χ3n) is 10.6. The lowest BCUT2D eigenvalue weighted by Crippen LogP contribution is -2.51. The van der Waals surface area contributed by atoms with Gasteiger partial charge in [0.1, 0.15) is 11.6 Å². The van der Waals surface area contributed by atoms with Crippen molar-refractivity contribution in [2.24, 2.45) is 23.2 Å². The Morgan fingerprint density at radius 3 is 2.26 bits per heavy atom. The lowest BCUT2D eigenvalue weighted by molar-refractivity contribution is -0.0503. The molecule has 4 aliphatic carbocycles. The zero-order valence-electron chi connectivity index (χ0n) is 25.4. The van der Waals surface area contributed by atoms with Crippen molar-refractivity contribution in [1.82, 2.24) is 10.2 Å². The smallest absolute Gasteiger partial charge is 0.251 e. The molecule has 4 saturated carbocycles. The van der Waals surface area contributed by atoms with E-state index < -0.39 is 0 Å². The molecule has 43 heavy (non-hydrogen) atoms. The highest BCUT2D eigenvalue weighted by molar-refractivity contribution is 5.94. The van der Waals surface area contributed by atoms with E-state index in [4.69, 9.17) is 4.74 Å². The van der Waals surface area contributed by atoms with Gasteiger partial charge in [0, 0.05) is 56.1 Å². The molecular formula is C37H44FN3O2. The number of carbonyl (C=O) groups is 1. The number of halogens is 1. The Kier molecular flexibility index (Phi) is 7.89. The third-order valence-corrected chi connectivity index (χ3v) is 10.6. The van der Waals surface area contributed by atoms with Gasteiger partial charge in [-0.3, -0.25) is 9.69 Å². The van der Waals surface area contributed by atoms with Gasteiger partial charge in [0.05, 0.1) is 6.61 Å². The van der Waals surface area contributed by atoms with Crippen molar-refractivity contribution in [2.45, 2.75) is 52.0 Å². The SMILES string of the molecule is CCOc1cccc(-c2ccc(CN3CCN(c4ccc(C(=O)NCC56CC7CC(CC(C7)C5)C6)cc4)CC3)cc2F)c1. The van der Waals surface area contributed by atoms with Crippen LogP contribution in [-0.2, 0) is 6.54 Å². The highest BCUT2D eigenvalue weighted by Gasteiger charge is 2.50. The molecule has 1 saturated heterocycles. The fourth-order valence-corrected chi connectivity index (χ4v) is 8.93. The second-order valence-corrected chi connectivity index (χ2v) is 13.7. The molecule has 0 spiro atoms. The van der Waals surface area contributed by atoms with Crippen LogP contribution < -0.4 is 15.0 Å². The van der Waals surface area contributed by atoms with E-state index in [1.807, 2.05) is 55.5 Å². The summed E-state index contributed by atoms with van der Waals surface area (Å²) in [7, 11) is 0. The van der Waals surface area contributed by atoms with Crippen molar-refractivity contribution in [3.05, 3.63) is 83.7 Å². The Morgan fingerprint density at radius 2 is 1.60 bits per heavy atom.